The van der Waals surface area contributed by atoms with Crippen molar-refractivity contribution in [3.63, 3.8) is 0 Å². The molecule has 1 aliphatic carbocycles. The predicted molar refractivity (Wildman–Crippen MR) is 127 cm³/mol. The van der Waals surface area contributed by atoms with E-state index in [1.807, 2.05) is 24.3 Å². The SMILES string of the molecule is CC(=O)Nc1ccc(S(=O)(=O)N2CCc3ccccc3C2CC(=O)NC2CCCCC2)cc1. The lowest BCUT2D eigenvalue weighted by molar-refractivity contribution is -0.123. The molecule has 8 heteroatoms. The first-order valence-corrected chi connectivity index (χ1v) is 13.1. The number of fused-ring (bicyclic) bond motifs is 1. The van der Waals surface area contributed by atoms with Crippen molar-refractivity contribution < 1.29 is 18.0 Å². The lowest BCUT2D eigenvalue weighted by Crippen LogP contribution is -2.43. The zero-order valence-electron chi connectivity index (χ0n) is 18.9. The Morgan fingerprint density at radius 2 is 1.70 bits per heavy atom. The first-order valence-electron chi connectivity index (χ1n) is 11.6. The van der Waals surface area contributed by atoms with E-state index in [0.717, 1.165) is 36.8 Å². The Labute approximate surface area is 195 Å². The predicted octanol–water partition coefficient (Wildman–Crippen LogP) is 3.77. The van der Waals surface area contributed by atoms with E-state index in [1.54, 1.807) is 12.1 Å². The van der Waals surface area contributed by atoms with Gasteiger partial charge in [0.15, 0.2) is 0 Å². The van der Waals surface area contributed by atoms with Crippen LogP contribution in [0.3, 0.4) is 0 Å². The number of benzene rings is 2. The van der Waals surface area contributed by atoms with Crippen LogP contribution in [0.15, 0.2) is 53.4 Å². The fourth-order valence-electron chi connectivity index (χ4n) is 4.89. The van der Waals surface area contributed by atoms with Crippen molar-refractivity contribution in [3.8, 4) is 0 Å². The van der Waals surface area contributed by atoms with Crippen LogP contribution in [-0.2, 0) is 26.0 Å². The van der Waals surface area contributed by atoms with Crippen molar-refractivity contribution in [1.29, 1.82) is 0 Å². The highest BCUT2D eigenvalue weighted by molar-refractivity contribution is 7.89. The van der Waals surface area contributed by atoms with Crippen LogP contribution in [0.1, 0.15) is 62.6 Å². The summed E-state index contributed by atoms with van der Waals surface area (Å²) in [6, 6.07) is 13.6. The van der Waals surface area contributed by atoms with E-state index in [1.165, 1.54) is 29.8 Å². The van der Waals surface area contributed by atoms with Crippen LogP contribution in [0.2, 0.25) is 0 Å². The van der Waals surface area contributed by atoms with E-state index in [-0.39, 0.29) is 29.2 Å². The van der Waals surface area contributed by atoms with Gasteiger partial charge in [-0.3, -0.25) is 9.59 Å². The molecule has 0 bridgehead atoms. The van der Waals surface area contributed by atoms with Crippen molar-refractivity contribution in [2.45, 2.75) is 68.8 Å². The summed E-state index contributed by atoms with van der Waals surface area (Å²) in [5, 5.41) is 5.78. The first-order chi connectivity index (χ1) is 15.8. The largest absolute Gasteiger partial charge is 0.353 e. The third-order valence-electron chi connectivity index (χ3n) is 6.49. The molecule has 1 aliphatic heterocycles. The monoisotopic (exact) mass is 469 g/mol. The second-order valence-corrected chi connectivity index (χ2v) is 10.8. The minimum atomic E-state index is -3.84. The number of anilines is 1. The molecule has 2 N–H and O–H groups in total. The van der Waals surface area contributed by atoms with Gasteiger partial charge >= 0.3 is 0 Å². The number of nitrogens with zero attached hydrogens (tertiary/aromatic N) is 1. The van der Waals surface area contributed by atoms with Gasteiger partial charge < -0.3 is 10.6 Å². The third kappa shape index (κ3) is 5.45. The maximum Gasteiger partial charge on any atom is 0.243 e. The number of carbonyl (C=O) groups excluding carboxylic acids is 2. The molecule has 1 saturated carbocycles. The highest BCUT2D eigenvalue weighted by atomic mass is 32.2. The Morgan fingerprint density at radius 1 is 1.00 bits per heavy atom. The van der Waals surface area contributed by atoms with Crippen molar-refractivity contribution >= 4 is 27.5 Å². The second kappa shape index (κ2) is 10.1. The van der Waals surface area contributed by atoms with Gasteiger partial charge in [0.05, 0.1) is 10.9 Å². The van der Waals surface area contributed by atoms with Gasteiger partial charge in [-0.05, 0) is 54.7 Å². The molecule has 4 rings (SSSR count). The highest BCUT2D eigenvalue weighted by Gasteiger charge is 2.37. The van der Waals surface area contributed by atoms with Gasteiger partial charge in [-0.25, -0.2) is 8.42 Å². The topological polar surface area (TPSA) is 95.6 Å². The van der Waals surface area contributed by atoms with Gasteiger partial charge in [-0.2, -0.15) is 4.31 Å². The second-order valence-electron chi connectivity index (χ2n) is 8.89. The van der Waals surface area contributed by atoms with Gasteiger partial charge in [0, 0.05) is 31.6 Å². The van der Waals surface area contributed by atoms with Gasteiger partial charge in [0.1, 0.15) is 0 Å². The van der Waals surface area contributed by atoms with Crippen LogP contribution in [0.25, 0.3) is 0 Å². The summed E-state index contributed by atoms with van der Waals surface area (Å²) < 4.78 is 28.7. The molecule has 0 radical (unpaired) electrons. The highest BCUT2D eigenvalue weighted by Crippen LogP contribution is 2.36. The quantitative estimate of drug-likeness (QED) is 0.673. The number of rotatable bonds is 6. The van der Waals surface area contributed by atoms with Crippen molar-refractivity contribution in [3.05, 3.63) is 59.7 Å². The lowest BCUT2D eigenvalue weighted by Gasteiger charge is -2.36. The minimum Gasteiger partial charge on any atom is -0.353 e. The molecule has 1 unspecified atom stereocenters. The molecular formula is C25H31N3O4S. The van der Waals surface area contributed by atoms with Crippen LogP contribution in [0, 0.1) is 0 Å². The Balaban J connectivity index is 1.59. The average Bonchev–Trinajstić information content (AvgIpc) is 2.80. The van der Waals surface area contributed by atoms with Crippen LogP contribution >= 0.6 is 0 Å². The van der Waals surface area contributed by atoms with E-state index in [0.29, 0.717) is 18.7 Å². The molecule has 33 heavy (non-hydrogen) atoms. The Morgan fingerprint density at radius 3 is 2.39 bits per heavy atom. The zero-order chi connectivity index (χ0) is 23.4. The molecule has 176 valence electrons. The number of hydrogen-bond donors (Lipinski definition) is 2. The van der Waals surface area contributed by atoms with Gasteiger partial charge in [-0.15, -0.1) is 0 Å². The summed E-state index contributed by atoms with van der Waals surface area (Å²) in [5.41, 5.74) is 2.51. The van der Waals surface area contributed by atoms with Crippen LogP contribution < -0.4 is 10.6 Å². The molecule has 1 fully saturated rings. The normalized spacial score (nSPS) is 19.5. The molecule has 2 aliphatic rings. The van der Waals surface area contributed by atoms with Gasteiger partial charge in [0.25, 0.3) is 0 Å². The summed E-state index contributed by atoms with van der Waals surface area (Å²) in [7, 11) is -3.84. The fraction of sp³-hybridized carbons (Fsp3) is 0.440. The van der Waals surface area contributed by atoms with Gasteiger partial charge in [0.2, 0.25) is 21.8 Å². The molecule has 0 saturated heterocycles. The summed E-state index contributed by atoms with van der Waals surface area (Å²) in [5.74, 6) is -0.327. The maximum absolute atomic E-state index is 13.6. The molecule has 2 aromatic carbocycles. The number of amides is 2. The average molecular weight is 470 g/mol. The van der Waals surface area contributed by atoms with E-state index in [4.69, 9.17) is 0 Å². The minimum absolute atomic E-state index is 0.0940. The summed E-state index contributed by atoms with van der Waals surface area (Å²) in [6.45, 7) is 1.72. The standard InChI is InChI=1S/C25H31N3O4S/c1-18(29)26-21-11-13-22(14-12-21)33(31,32)28-16-15-19-7-5-6-10-23(19)24(28)17-25(30)27-20-8-3-2-4-9-20/h5-7,10-14,20,24H,2-4,8-9,15-17H2,1H3,(H,26,29)(H,27,30). The van der Waals surface area contributed by atoms with E-state index < -0.39 is 16.1 Å². The fourth-order valence-corrected chi connectivity index (χ4v) is 6.49. The van der Waals surface area contributed by atoms with Crippen LogP contribution in [0.5, 0.6) is 0 Å². The van der Waals surface area contributed by atoms with Crippen LogP contribution in [0.4, 0.5) is 5.69 Å². The number of carbonyl (C=O) groups is 2. The molecular weight excluding hydrogens is 438 g/mol. The van der Waals surface area contributed by atoms with Crippen molar-refractivity contribution in [1.82, 2.24) is 9.62 Å². The van der Waals surface area contributed by atoms with E-state index in [9.17, 15) is 18.0 Å². The number of hydrogen-bond acceptors (Lipinski definition) is 4. The Kier molecular flexibility index (Phi) is 7.14. The smallest absolute Gasteiger partial charge is 0.243 e. The number of nitrogens with one attached hydrogen (secondary N) is 2. The first kappa shape index (κ1) is 23.4. The summed E-state index contributed by atoms with van der Waals surface area (Å²) >= 11 is 0. The van der Waals surface area contributed by atoms with E-state index >= 15 is 0 Å². The molecule has 1 atom stereocenters. The molecule has 7 nitrogen and oxygen atoms in total. The van der Waals surface area contributed by atoms with Crippen molar-refractivity contribution in [2.24, 2.45) is 0 Å². The summed E-state index contributed by atoms with van der Waals surface area (Å²) in [6.07, 6.45) is 6.09. The molecule has 0 aromatic heterocycles. The lowest BCUT2D eigenvalue weighted by atomic mass is 9.91. The Bertz CT molecular complexity index is 1110. The van der Waals surface area contributed by atoms with Crippen molar-refractivity contribution in [2.75, 3.05) is 11.9 Å². The molecule has 1 heterocycles. The van der Waals surface area contributed by atoms with E-state index in [2.05, 4.69) is 10.6 Å². The van der Waals surface area contributed by atoms with Crippen LogP contribution in [-0.4, -0.2) is 37.1 Å². The molecule has 2 amide bonds. The summed E-state index contributed by atoms with van der Waals surface area (Å²) in [4.78, 5) is 24.4. The maximum atomic E-state index is 13.6. The third-order valence-corrected chi connectivity index (χ3v) is 8.42. The molecule has 0 spiro atoms. The zero-order valence-corrected chi connectivity index (χ0v) is 19.7. The molecule has 2 aromatic rings. The number of sulfonamides is 1. The Hall–Kier alpha value is -2.71. The van der Waals surface area contributed by atoms with Gasteiger partial charge in [-0.1, -0.05) is 43.5 Å².